The van der Waals surface area contributed by atoms with Crippen LogP contribution in [0.1, 0.15) is 5.56 Å². The molecule has 0 atom stereocenters. The van der Waals surface area contributed by atoms with Crippen molar-refractivity contribution in [3.05, 3.63) is 64.4 Å². The maximum atomic E-state index is 13.5. The zero-order valence-corrected chi connectivity index (χ0v) is 14.4. The summed E-state index contributed by atoms with van der Waals surface area (Å²) in [4.78, 5) is 4.11. The maximum Gasteiger partial charge on any atom is 0.193 e. The van der Waals surface area contributed by atoms with Gasteiger partial charge in [-0.05, 0) is 30.3 Å². The van der Waals surface area contributed by atoms with Crippen molar-refractivity contribution in [3.8, 4) is 0 Å². The van der Waals surface area contributed by atoms with Crippen LogP contribution in [0.2, 0.25) is 0 Å². The zero-order valence-electron chi connectivity index (χ0n) is 10.5. The second kappa shape index (κ2) is 8.21. The molecular formula is C14H14BrFIN3. The van der Waals surface area contributed by atoms with E-state index >= 15 is 0 Å². The third-order valence-corrected chi connectivity index (χ3v) is 2.97. The number of aliphatic imine (C=N–C) groups is 1. The summed E-state index contributed by atoms with van der Waals surface area (Å²) < 4.78 is 14.3. The minimum absolute atomic E-state index is 0. The monoisotopic (exact) mass is 449 g/mol. The zero-order chi connectivity index (χ0) is 13.7. The first-order valence-corrected chi connectivity index (χ1v) is 6.50. The van der Waals surface area contributed by atoms with Gasteiger partial charge in [0.25, 0.3) is 0 Å². The summed E-state index contributed by atoms with van der Waals surface area (Å²) in [7, 11) is 0. The Kier molecular flexibility index (Phi) is 6.94. The highest BCUT2D eigenvalue weighted by atomic mass is 127. The molecule has 0 bridgehead atoms. The van der Waals surface area contributed by atoms with Crippen LogP contribution in [0, 0.1) is 5.82 Å². The Bertz CT molecular complexity index is 590. The lowest BCUT2D eigenvalue weighted by atomic mass is 10.2. The summed E-state index contributed by atoms with van der Waals surface area (Å²) in [5.41, 5.74) is 7.08. The summed E-state index contributed by atoms with van der Waals surface area (Å²) >= 11 is 3.30. The number of halogens is 3. The van der Waals surface area contributed by atoms with E-state index in [0.29, 0.717) is 5.56 Å². The molecular weight excluding hydrogens is 436 g/mol. The highest BCUT2D eigenvalue weighted by Crippen LogP contribution is 2.16. The van der Waals surface area contributed by atoms with Gasteiger partial charge in [0.2, 0.25) is 0 Å². The molecule has 0 spiro atoms. The Hall–Kier alpha value is -1.15. The van der Waals surface area contributed by atoms with Crippen molar-refractivity contribution in [2.24, 2.45) is 10.7 Å². The van der Waals surface area contributed by atoms with E-state index in [9.17, 15) is 4.39 Å². The molecule has 0 aliphatic heterocycles. The number of rotatable bonds is 3. The predicted molar refractivity (Wildman–Crippen MR) is 94.9 cm³/mol. The Morgan fingerprint density at radius 2 is 1.90 bits per heavy atom. The van der Waals surface area contributed by atoms with Gasteiger partial charge in [0.15, 0.2) is 5.96 Å². The van der Waals surface area contributed by atoms with Gasteiger partial charge in [-0.25, -0.2) is 9.38 Å². The molecule has 0 fully saturated rings. The lowest BCUT2D eigenvalue weighted by Gasteiger charge is -2.05. The molecule has 2 rings (SSSR count). The van der Waals surface area contributed by atoms with E-state index in [-0.39, 0.29) is 42.3 Å². The molecule has 20 heavy (non-hydrogen) atoms. The number of hydrogen-bond acceptors (Lipinski definition) is 1. The summed E-state index contributed by atoms with van der Waals surface area (Å²) in [5.74, 6) is -0.0370. The molecule has 0 aliphatic carbocycles. The second-order valence-corrected chi connectivity index (χ2v) is 4.84. The number of anilines is 1. The van der Waals surface area contributed by atoms with Crippen LogP contribution in [0.4, 0.5) is 10.1 Å². The fraction of sp³-hybridized carbons (Fsp3) is 0.0714. The smallest absolute Gasteiger partial charge is 0.193 e. The Morgan fingerprint density at radius 3 is 2.60 bits per heavy atom. The summed E-state index contributed by atoms with van der Waals surface area (Å²) in [5, 5.41) is 2.94. The van der Waals surface area contributed by atoms with Crippen LogP contribution in [0.3, 0.4) is 0 Å². The Morgan fingerprint density at radius 1 is 1.20 bits per heavy atom. The second-order valence-electron chi connectivity index (χ2n) is 3.93. The van der Waals surface area contributed by atoms with E-state index in [0.717, 1.165) is 10.2 Å². The lowest BCUT2D eigenvalue weighted by molar-refractivity contribution is 0.610. The van der Waals surface area contributed by atoms with Crippen LogP contribution in [-0.4, -0.2) is 5.96 Å². The van der Waals surface area contributed by atoms with Crippen LogP contribution < -0.4 is 11.1 Å². The van der Waals surface area contributed by atoms with Gasteiger partial charge in [-0.15, -0.1) is 24.0 Å². The molecule has 0 aromatic heterocycles. The first-order chi connectivity index (χ1) is 9.15. The third-order valence-electron chi connectivity index (χ3n) is 2.47. The predicted octanol–water partition coefficient (Wildman–Crippen LogP) is 4.13. The molecule has 0 heterocycles. The molecule has 3 nitrogen and oxygen atoms in total. The van der Waals surface area contributed by atoms with E-state index in [1.165, 1.54) is 6.07 Å². The molecule has 0 unspecified atom stereocenters. The number of nitrogens with two attached hydrogens (primary N) is 1. The van der Waals surface area contributed by atoms with Gasteiger partial charge < -0.3 is 11.1 Å². The van der Waals surface area contributed by atoms with E-state index in [1.807, 2.05) is 30.3 Å². The summed E-state index contributed by atoms with van der Waals surface area (Å²) in [6, 6.07) is 14.2. The largest absolute Gasteiger partial charge is 0.370 e. The van der Waals surface area contributed by atoms with E-state index in [1.54, 1.807) is 12.1 Å². The van der Waals surface area contributed by atoms with Gasteiger partial charge in [0.1, 0.15) is 5.82 Å². The number of hydrogen-bond donors (Lipinski definition) is 2. The molecule has 6 heteroatoms. The van der Waals surface area contributed by atoms with Gasteiger partial charge in [0, 0.05) is 15.7 Å². The van der Waals surface area contributed by atoms with Crippen molar-refractivity contribution >= 4 is 51.6 Å². The molecule has 0 aliphatic rings. The van der Waals surface area contributed by atoms with Crippen LogP contribution in [0.25, 0.3) is 0 Å². The van der Waals surface area contributed by atoms with Gasteiger partial charge in [-0.1, -0.05) is 34.1 Å². The van der Waals surface area contributed by atoms with Gasteiger partial charge in [0.05, 0.1) is 6.54 Å². The van der Waals surface area contributed by atoms with Crippen molar-refractivity contribution < 1.29 is 4.39 Å². The molecule has 0 saturated carbocycles. The molecule has 106 valence electrons. The highest BCUT2D eigenvalue weighted by molar-refractivity contribution is 14.0. The molecule has 0 saturated heterocycles. The minimum Gasteiger partial charge on any atom is -0.370 e. The fourth-order valence-electron chi connectivity index (χ4n) is 1.54. The van der Waals surface area contributed by atoms with Crippen LogP contribution in [-0.2, 0) is 6.54 Å². The molecule has 0 amide bonds. The van der Waals surface area contributed by atoms with Crippen LogP contribution >= 0.6 is 39.9 Å². The van der Waals surface area contributed by atoms with E-state index in [2.05, 4.69) is 26.2 Å². The highest BCUT2D eigenvalue weighted by Gasteiger charge is 2.02. The Balaban J connectivity index is 0.00000200. The SMILES string of the molecule is I.NC(=NCc1cc(Br)ccc1F)Nc1ccccc1. The van der Waals surface area contributed by atoms with Gasteiger partial charge in [-0.2, -0.15) is 0 Å². The molecule has 3 N–H and O–H groups in total. The van der Waals surface area contributed by atoms with Crippen molar-refractivity contribution in [3.63, 3.8) is 0 Å². The average Bonchev–Trinajstić information content (AvgIpc) is 2.41. The third kappa shape index (κ3) is 5.09. The summed E-state index contributed by atoms with van der Waals surface area (Å²) in [6.45, 7) is 0.191. The number of nitrogens with zero attached hydrogens (tertiary/aromatic N) is 1. The number of guanidine groups is 1. The quantitative estimate of drug-likeness (QED) is 0.420. The normalized spacial score (nSPS) is 10.8. The molecule has 0 radical (unpaired) electrons. The van der Waals surface area contributed by atoms with Gasteiger partial charge >= 0.3 is 0 Å². The van der Waals surface area contributed by atoms with Crippen molar-refractivity contribution in [1.82, 2.24) is 0 Å². The standard InChI is InChI=1S/C14H13BrFN3.HI/c15-11-6-7-13(16)10(8-11)9-18-14(17)19-12-4-2-1-3-5-12;/h1-8H,9H2,(H3,17,18,19);1H. The topological polar surface area (TPSA) is 50.4 Å². The maximum absolute atomic E-state index is 13.5. The minimum atomic E-state index is -0.292. The first kappa shape index (κ1) is 16.9. The van der Waals surface area contributed by atoms with Crippen molar-refractivity contribution in [2.45, 2.75) is 6.54 Å². The number of nitrogens with one attached hydrogen (secondary N) is 1. The number of para-hydroxylation sites is 1. The van der Waals surface area contributed by atoms with Crippen molar-refractivity contribution in [2.75, 3.05) is 5.32 Å². The summed E-state index contributed by atoms with van der Waals surface area (Å²) in [6.07, 6.45) is 0. The van der Waals surface area contributed by atoms with Gasteiger partial charge in [-0.3, -0.25) is 0 Å². The number of benzene rings is 2. The van der Waals surface area contributed by atoms with Crippen LogP contribution in [0.15, 0.2) is 58.0 Å². The fourth-order valence-corrected chi connectivity index (χ4v) is 1.95. The molecule has 2 aromatic rings. The Labute approximate surface area is 142 Å². The van der Waals surface area contributed by atoms with E-state index in [4.69, 9.17) is 5.73 Å². The molecule has 2 aromatic carbocycles. The first-order valence-electron chi connectivity index (χ1n) is 5.71. The lowest BCUT2D eigenvalue weighted by Crippen LogP contribution is -2.22. The van der Waals surface area contributed by atoms with Crippen molar-refractivity contribution in [1.29, 1.82) is 0 Å². The average molecular weight is 450 g/mol. The van der Waals surface area contributed by atoms with E-state index < -0.39 is 0 Å². The van der Waals surface area contributed by atoms with Crippen LogP contribution in [0.5, 0.6) is 0 Å².